The lowest BCUT2D eigenvalue weighted by Crippen LogP contribution is -2.22. The predicted molar refractivity (Wildman–Crippen MR) is 152 cm³/mol. The Morgan fingerprint density at radius 3 is 2.46 bits per heavy atom. The minimum absolute atomic E-state index is 0.213. The van der Waals surface area contributed by atoms with Crippen LogP contribution in [0.4, 0.5) is 5.69 Å². The molecule has 0 fully saturated rings. The summed E-state index contributed by atoms with van der Waals surface area (Å²) >= 11 is 0. The highest BCUT2D eigenvalue weighted by atomic mass is 16.5. The highest BCUT2D eigenvalue weighted by molar-refractivity contribution is 6.05. The molecule has 2 aromatic carbocycles. The van der Waals surface area contributed by atoms with Gasteiger partial charge in [0.15, 0.2) is 5.75 Å². The molecule has 0 aliphatic carbocycles. The Labute approximate surface area is 219 Å². The summed E-state index contributed by atoms with van der Waals surface area (Å²) in [5, 5.41) is 3.67. The molecule has 3 rings (SSSR count). The number of allylic oxidation sites excluding steroid dienone is 3. The van der Waals surface area contributed by atoms with E-state index in [0.29, 0.717) is 35.7 Å². The number of carbonyl (C=O) groups is 1. The predicted octanol–water partition coefficient (Wildman–Crippen LogP) is 7.04. The molecule has 0 saturated heterocycles. The van der Waals surface area contributed by atoms with E-state index in [9.17, 15) is 9.59 Å². The Balaban J connectivity index is 1.93. The number of hydrogen-bond acceptors (Lipinski definition) is 4. The van der Waals surface area contributed by atoms with Crippen LogP contribution in [-0.4, -0.2) is 23.7 Å². The van der Waals surface area contributed by atoms with Crippen LogP contribution in [0.1, 0.15) is 63.7 Å². The minimum atomic E-state index is -0.269. The molecule has 0 bridgehead atoms. The number of carbonyl (C=O) groups excluding carboxylic acids is 1. The second-order valence-electron chi connectivity index (χ2n) is 9.46. The van der Waals surface area contributed by atoms with Crippen LogP contribution in [0.15, 0.2) is 76.6 Å². The third-order valence-electron chi connectivity index (χ3n) is 6.10. The maximum absolute atomic E-state index is 13.3. The van der Waals surface area contributed by atoms with E-state index in [2.05, 4.69) is 39.1 Å². The molecule has 196 valence electrons. The summed E-state index contributed by atoms with van der Waals surface area (Å²) in [4.78, 5) is 26.0. The average molecular weight is 503 g/mol. The molecule has 1 heterocycles. The van der Waals surface area contributed by atoms with Crippen LogP contribution in [-0.2, 0) is 7.05 Å². The molecule has 0 aliphatic heterocycles. The van der Waals surface area contributed by atoms with Gasteiger partial charge in [-0.05, 0) is 76.4 Å². The number of hydrogen-bond donors (Lipinski definition) is 1. The number of rotatable bonds is 12. The molecule has 0 atom stereocenters. The summed E-state index contributed by atoms with van der Waals surface area (Å²) in [7, 11) is 1.71. The molecular formula is C31H38N2O4. The van der Waals surface area contributed by atoms with Crippen molar-refractivity contribution >= 4 is 22.5 Å². The van der Waals surface area contributed by atoms with Crippen molar-refractivity contribution in [1.82, 2.24) is 4.57 Å². The Hall–Kier alpha value is -3.80. The number of unbranched alkanes of at least 4 members (excludes halogenated alkanes) is 1. The molecule has 3 aromatic rings. The Morgan fingerprint density at radius 1 is 1.00 bits per heavy atom. The summed E-state index contributed by atoms with van der Waals surface area (Å²) < 4.78 is 13.7. The van der Waals surface area contributed by atoms with Gasteiger partial charge in [-0.3, -0.25) is 9.59 Å². The third-order valence-corrected chi connectivity index (χ3v) is 6.10. The van der Waals surface area contributed by atoms with Gasteiger partial charge in [-0.15, -0.1) is 0 Å². The van der Waals surface area contributed by atoms with Gasteiger partial charge in [0.2, 0.25) is 5.75 Å². The highest BCUT2D eigenvalue weighted by Gasteiger charge is 2.19. The van der Waals surface area contributed by atoms with Crippen LogP contribution in [0, 0.1) is 0 Å². The van der Waals surface area contributed by atoms with Crippen LogP contribution in [0.5, 0.6) is 11.5 Å². The monoisotopic (exact) mass is 502 g/mol. The summed E-state index contributed by atoms with van der Waals surface area (Å²) in [5.41, 5.74) is 4.07. The highest BCUT2D eigenvalue weighted by Crippen LogP contribution is 2.34. The van der Waals surface area contributed by atoms with Crippen molar-refractivity contribution in [2.45, 2.75) is 53.4 Å². The first-order chi connectivity index (χ1) is 17.8. The number of pyridine rings is 1. The molecule has 6 nitrogen and oxygen atoms in total. The van der Waals surface area contributed by atoms with Crippen LogP contribution in [0.3, 0.4) is 0 Å². The number of fused-ring (bicyclic) bond motifs is 1. The molecule has 1 amide bonds. The smallest absolute Gasteiger partial charge is 0.297 e. The van der Waals surface area contributed by atoms with E-state index < -0.39 is 0 Å². The first-order valence-electron chi connectivity index (χ1n) is 12.9. The van der Waals surface area contributed by atoms with Gasteiger partial charge in [0.05, 0.1) is 12.1 Å². The van der Waals surface area contributed by atoms with Crippen molar-refractivity contribution in [3.63, 3.8) is 0 Å². The maximum atomic E-state index is 13.3. The number of amides is 1. The zero-order valence-electron chi connectivity index (χ0n) is 22.6. The lowest BCUT2D eigenvalue weighted by Gasteiger charge is -2.17. The molecule has 1 aromatic heterocycles. The van der Waals surface area contributed by atoms with Crippen LogP contribution in [0.2, 0.25) is 0 Å². The van der Waals surface area contributed by atoms with Gasteiger partial charge >= 0.3 is 0 Å². The average Bonchev–Trinajstić information content (AvgIpc) is 2.88. The maximum Gasteiger partial charge on any atom is 0.297 e. The van der Waals surface area contributed by atoms with E-state index in [0.717, 1.165) is 31.1 Å². The van der Waals surface area contributed by atoms with E-state index in [1.165, 1.54) is 11.1 Å². The largest absolute Gasteiger partial charge is 0.485 e. The quantitative estimate of drug-likeness (QED) is 0.213. The van der Waals surface area contributed by atoms with Gasteiger partial charge in [-0.25, -0.2) is 0 Å². The van der Waals surface area contributed by atoms with Crippen LogP contribution < -0.4 is 20.3 Å². The zero-order chi connectivity index (χ0) is 26.8. The van der Waals surface area contributed by atoms with E-state index in [1.54, 1.807) is 29.8 Å². The van der Waals surface area contributed by atoms with Crippen molar-refractivity contribution in [2.24, 2.45) is 7.05 Å². The third kappa shape index (κ3) is 7.59. The molecule has 0 saturated carbocycles. The molecule has 0 aliphatic rings. The first kappa shape index (κ1) is 27.8. The second kappa shape index (κ2) is 13.5. The van der Waals surface area contributed by atoms with Crippen molar-refractivity contribution in [2.75, 3.05) is 18.5 Å². The van der Waals surface area contributed by atoms with E-state index in [1.807, 2.05) is 36.4 Å². The van der Waals surface area contributed by atoms with Gasteiger partial charge < -0.3 is 19.4 Å². The molecule has 0 unspecified atom stereocenters. The summed E-state index contributed by atoms with van der Waals surface area (Å²) in [6, 6.07) is 14.5. The zero-order valence-corrected chi connectivity index (χ0v) is 22.6. The Kier molecular flexibility index (Phi) is 10.1. The molecule has 0 radical (unpaired) electrons. The lowest BCUT2D eigenvalue weighted by atomic mass is 10.1. The SMILES string of the molecule is CCCCOc1c(OC/C=C(\C)CCC=C(C)C)c2ccc(NC(=O)c3ccccc3)cc2n(C)c1=O. The molecular weight excluding hydrogens is 464 g/mol. The van der Waals surface area contributed by atoms with E-state index in [-0.39, 0.29) is 17.2 Å². The molecule has 6 heteroatoms. The van der Waals surface area contributed by atoms with E-state index in [4.69, 9.17) is 9.47 Å². The van der Waals surface area contributed by atoms with Gasteiger partial charge in [0.25, 0.3) is 11.5 Å². The van der Waals surface area contributed by atoms with Gasteiger partial charge in [0.1, 0.15) is 6.61 Å². The normalized spacial score (nSPS) is 11.3. The minimum Gasteiger partial charge on any atom is -0.485 e. The summed E-state index contributed by atoms with van der Waals surface area (Å²) in [5.74, 6) is 0.443. The molecule has 1 N–H and O–H groups in total. The van der Waals surface area contributed by atoms with Gasteiger partial charge in [-0.1, -0.05) is 48.8 Å². The van der Waals surface area contributed by atoms with E-state index >= 15 is 0 Å². The Morgan fingerprint density at radius 2 is 1.76 bits per heavy atom. The topological polar surface area (TPSA) is 69.6 Å². The van der Waals surface area contributed by atoms with Gasteiger partial charge in [0, 0.05) is 23.7 Å². The van der Waals surface area contributed by atoms with Crippen molar-refractivity contribution < 1.29 is 14.3 Å². The van der Waals surface area contributed by atoms with Crippen molar-refractivity contribution in [3.8, 4) is 11.5 Å². The number of benzene rings is 2. The summed E-state index contributed by atoms with van der Waals surface area (Å²) in [6.07, 6.45) is 8.02. The fraction of sp³-hybridized carbons (Fsp3) is 0.355. The fourth-order valence-electron chi connectivity index (χ4n) is 3.90. The number of ether oxygens (including phenoxy) is 2. The number of anilines is 1. The molecule has 37 heavy (non-hydrogen) atoms. The fourth-order valence-corrected chi connectivity index (χ4v) is 3.90. The number of aryl methyl sites for hydroxylation is 1. The standard InChI is InChI=1S/C31H38N2O4/c1-6-7-19-36-29-28(37-20-18-23(4)13-11-12-22(2)3)26-17-16-25(21-27(26)33(5)31(29)35)32-30(34)24-14-9-8-10-15-24/h8-10,12,14-18,21H,6-7,11,13,19-20H2,1-5H3,(H,32,34)/b23-18+. The van der Waals surface area contributed by atoms with Crippen molar-refractivity contribution in [3.05, 3.63) is 87.7 Å². The number of aromatic nitrogens is 1. The number of nitrogens with zero attached hydrogens (tertiary/aromatic N) is 1. The number of nitrogens with one attached hydrogen (secondary N) is 1. The lowest BCUT2D eigenvalue weighted by molar-refractivity contribution is 0.102. The summed E-state index contributed by atoms with van der Waals surface area (Å²) in [6.45, 7) is 9.14. The Bertz CT molecular complexity index is 1330. The first-order valence-corrected chi connectivity index (χ1v) is 12.9. The van der Waals surface area contributed by atoms with Crippen molar-refractivity contribution in [1.29, 1.82) is 0 Å². The second-order valence-corrected chi connectivity index (χ2v) is 9.46. The van der Waals surface area contributed by atoms with Gasteiger partial charge in [-0.2, -0.15) is 0 Å². The molecule has 0 spiro atoms. The van der Waals surface area contributed by atoms with Crippen LogP contribution in [0.25, 0.3) is 10.9 Å². The van der Waals surface area contributed by atoms with Crippen LogP contribution >= 0.6 is 0 Å².